The third-order valence-corrected chi connectivity index (χ3v) is 7.91. The molecule has 8 nitrogen and oxygen atoms in total. The van der Waals surface area contributed by atoms with Gasteiger partial charge in [0.2, 0.25) is 0 Å². The second kappa shape index (κ2) is 12.6. The van der Waals surface area contributed by atoms with E-state index in [1.54, 1.807) is 56.3 Å². The first kappa shape index (κ1) is 25.9. The Morgan fingerprint density at radius 3 is 2.16 bits per heavy atom. The number of carboxylic acids is 1. The molecule has 2 aromatic rings. The van der Waals surface area contributed by atoms with Crippen molar-refractivity contribution < 1.29 is 32.5 Å². The van der Waals surface area contributed by atoms with Crippen molar-refractivity contribution in [1.82, 2.24) is 5.32 Å². The van der Waals surface area contributed by atoms with Crippen molar-refractivity contribution >= 4 is 30.3 Å². The molecule has 174 valence electrons. The number of carbonyl (C=O) groups is 2. The Kier molecular flexibility index (Phi) is 10.3. The largest absolute Gasteiger partial charge is 0.480 e. The molecule has 0 aliphatic heterocycles. The Labute approximate surface area is 190 Å². The predicted octanol–water partition coefficient (Wildman–Crippen LogP) is 3.83. The lowest BCUT2D eigenvalue weighted by Gasteiger charge is -2.17. The summed E-state index contributed by atoms with van der Waals surface area (Å²) in [7, 11) is -4.63. The molecule has 0 radical (unpaired) electrons. The van der Waals surface area contributed by atoms with Crippen LogP contribution in [0.15, 0.2) is 59.5 Å². The Morgan fingerprint density at radius 2 is 1.62 bits per heavy atom. The van der Waals surface area contributed by atoms with Gasteiger partial charge in [0.15, 0.2) is 0 Å². The summed E-state index contributed by atoms with van der Waals surface area (Å²) < 4.78 is 35.5. The van der Waals surface area contributed by atoms with Gasteiger partial charge < -0.3 is 19.5 Å². The Bertz CT molecular complexity index is 956. The van der Waals surface area contributed by atoms with Gasteiger partial charge in [0.05, 0.1) is 30.2 Å². The molecule has 2 aromatic carbocycles. The fraction of sp³-hybridized carbons (Fsp3) is 0.364. The zero-order chi connectivity index (χ0) is 23.6. The molecule has 2 rings (SSSR count). The van der Waals surface area contributed by atoms with Crippen LogP contribution in [0.5, 0.6) is 0 Å². The fourth-order valence-electron chi connectivity index (χ4n) is 2.92. The molecule has 0 aliphatic rings. The van der Waals surface area contributed by atoms with E-state index in [0.717, 1.165) is 0 Å². The lowest BCUT2D eigenvalue weighted by molar-refractivity contribution is -0.139. The maximum absolute atomic E-state index is 12.6. The number of hydrogen-bond acceptors (Lipinski definition) is 6. The number of benzene rings is 2. The summed E-state index contributed by atoms with van der Waals surface area (Å²) >= 11 is 0. The van der Waals surface area contributed by atoms with Crippen molar-refractivity contribution in [3.05, 3.63) is 65.7 Å². The second-order valence-electron chi connectivity index (χ2n) is 6.82. The highest BCUT2D eigenvalue weighted by atomic mass is 32.2. The first-order valence-electron chi connectivity index (χ1n) is 10.2. The van der Waals surface area contributed by atoms with E-state index in [1.165, 1.54) is 12.1 Å². The molecular formula is C22H28NO7PS. The quantitative estimate of drug-likeness (QED) is 0.417. The standard InChI is InChI=1S/C22H28NO7PS/c1-3-29-31(27,30-4-2)16-17-10-12-18(13-11-17)21(24)23-20(22(25)26)14-15-32(28)19-8-6-5-7-9-19/h5-13,20H,3-4,14-16H2,1-2H3,(H,23,24)(H,25,26)/t20-,32+/m0/s1. The van der Waals surface area contributed by atoms with Crippen LogP contribution >= 0.6 is 7.60 Å². The molecule has 0 aliphatic carbocycles. The zero-order valence-electron chi connectivity index (χ0n) is 18.1. The highest BCUT2D eigenvalue weighted by molar-refractivity contribution is 7.85. The molecule has 0 bridgehead atoms. The van der Waals surface area contributed by atoms with Crippen LogP contribution in [0.1, 0.15) is 36.2 Å². The minimum absolute atomic E-state index is 0.0204. The van der Waals surface area contributed by atoms with Crippen LogP contribution in [0, 0.1) is 0 Å². The topological polar surface area (TPSA) is 119 Å². The number of nitrogens with one attached hydrogen (secondary N) is 1. The Hall–Kier alpha value is -2.32. The molecule has 0 aromatic heterocycles. The minimum atomic E-state index is -3.27. The lowest BCUT2D eigenvalue weighted by Crippen LogP contribution is -2.41. The van der Waals surface area contributed by atoms with E-state index in [1.807, 2.05) is 0 Å². The predicted molar refractivity (Wildman–Crippen MR) is 122 cm³/mol. The Morgan fingerprint density at radius 1 is 1.03 bits per heavy atom. The highest BCUT2D eigenvalue weighted by Gasteiger charge is 2.25. The van der Waals surface area contributed by atoms with Crippen LogP contribution in [0.4, 0.5) is 0 Å². The summed E-state index contributed by atoms with van der Waals surface area (Å²) in [6.07, 6.45) is 0.0895. The van der Waals surface area contributed by atoms with Gasteiger partial charge in [-0.05, 0) is 50.1 Å². The molecule has 2 N–H and O–H groups in total. The average molecular weight is 482 g/mol. The number of amides is 1. The third kappa shape index (κ3) is 7.98. The van der Waals surface area contributed by atoms with Crippen molar-refractivity contribution in [2.24, 2.45) is 0 Å². The second-order valence-corrected chi connectivity index (χ2v) is 10.4. The first-order valence-corrected chi connectivity index (χ1v) is 13.3. The van der Waals surface area contributed by atoms with E-state index in [4.69, 9.17) is 9.05 Å². The summed E-state index contributed by atoms with van der Waals surface area (Å²) in [6, 6.07) is 13.9. The normalized spacial score (nSPS) is 13.3. The Balaban J connectivity index is 1.99. The molecule has 0 fully saturated rings. The van der Waals surface area contributed by atoms with Gasteiger partial charge in [-0.25, -0.2) is 4.79 Å². The SMILES string of the molecule is CCOP(=O)(Cc1ccc(C(=O)N[C@@H](CC[S@@](=O)c2ccccc2)C(=O)O)cc1)OCC. The molecule has 10 heteroatoms. The van der Waals surface area contributed by atoms with E-state index in [-0.39, 0.29) is 37.1 Å². The van der Waals surface area contributed by atoms with Crippen molar-refractivity contribution in [3.8, 4) is 0 Å². The third-order valence-electron chi connectivity index (χ3n) is 4.45. The van der Waals surface area contributed by atoms with E-state index in [0.29, 0.717) is 10.5 Å². The van der Waals surface area contributed by atoms with Crippen molar-refractivity contribution in [2.75, 3.05) is 19.0 Å². The zero-order valence-corrected chi connectivity index (χ0v) is 19.8. The van der Waals surface area contributed by atoms with Gasteiger partial charge in [-0.3, -0.25) is 13.6 Å². The molecule has 0 heterocycles. The van der Waals surface area contributed by atoms with Crippen molar-refractivity contribution in [1.29, 1.82) is 0 Å². The van der Waals surface area contributed by atoms with Gasteiger partial charge in [-0.1, -0.05) is 30.3 Å². The van der Waals surface area contributed by atoms with E-state index >= 15 is 0 Å². The maximum Gasteiger partial charge on any atom is 0.335 e. The average Bonchev–Trinajstić information content (AvgIpc) is 2.77. The van der Waals surface area contributed by atoms with E-state index in [2.05, 4.69) is 5.32 Å². The summed E-state index contributed by atoms with van der Waals surface area (Å²) in [4.78, 5) is 24.7. The number of hydrogen-bond donors (Lipinski definition) is 2. The maximum atomic E-state index is 12.6. The van der Waals surface area contributed by atoms with Crippen LogP contribution in [-0.2, 0) is 35.4 Å². The molecular weight excluding hydrogens is 453 g/mol. The minimum Gasteiger partial charge on any atom is -0.480 e. The lowest BCUT2D eigenvalue weighted by atomic mass is 10.1. The summed E-state index contributed by atoms with van der Waals surface area (Å²) in [5.41, 5.74) is 0.923. The molecule has 0 unspecified atom stereocenters. The summed E-state index contributed by atoms with van der Waals surface area (Å²) in [5, 5.41) is 11.9. The van der Waals surface area contributed by atoms with E-state index < -0.39 is 36.3 Å². The summed E-state index contributed by atoms with van der Waals surface area (Å²) in [6.45, 7) is 3.97. The molecule has 1 amide bonds. The van der Waals surface area contributed by atoms with Gasteiger partial charge in [0.1, 0.15) is 6.04 Å². The van der Waals surface area contributed by atoms with Crippen LogP contribution in [-0.4, -0.2) is 46.2 Å². The van der Waals surface area contributed by atoms with Crippen LogP contribution in [0.25, 0.3) is 0 Å². The van der Waals surface area contributed by atoms with Gasteiger partial charge >= 0.3 is 13.6 Å². The van der Waals surface area contributed by atoms with Crippen molar-refractivity contribution in [3.63, 3.8) is 0 Å². The monoisotopic (exact) mass is 481 g/mol. The number of carboxylic acid groups (broad SMARTS) is 1. The molecule has 32 heavy (non-hydrogen) atoms. The van der Waals surface area contributed by atoms with Crippen LogP contribution in [0.2, 0.25) is 0 Å². The van der Waals surface area contributed by atoms with Gasteiger partial charge in [0.25, 0.3) is 5.91 Å². The molecule has 2 atom stereocenters. The van der Waals surface area contributed by atoms with Crippen LogP contribution < -0.4 is 5.32 Å². The smallest absolute Gasteiger partial charge is 0.335 e. The molecule has 0 saturated heterocycles. The summed E-state index contributed by atoms with van der Waals surface area (Å²) in [5.74, 6) is -1.66. The van der Waals surface area contributed by atoms with Crippen LogP contribution in [0.3, 0.4) is 0 Å². The van der Waals surface area contributed by atoms with Crippen molar-refractivity contribution in [2.45, 2.75) is 37.4 Å². The number of rotatable bonds is 13. The van der Waals surface area contributed by atoms with Gasteiger partial charge in [0, 0.05) is 16.2 Å². The number of aliphatic carboxylic acids is 1. The van der Waals surface area contributed by atoms with Gasteiger partial charge in [-0.2, -0.15) is 0 Å². The van der Waals surface area contributed by atoms with Gasteiger partial charge in [-0.15, -0.1) is 0 Å². The number of carbonyl (C=O) groups excluding carboxylic acids is 1. The fourth-order valence-corrected chi connectivity index (χ4v) is 5.77. The van der Waals surface area contributed by atoms with E-state index in [9.17, 15) is 23.5 Å². The first-order chi connectivity index (χ1) is 15.3. The molecule has 0 saturated carbocycles. The highest BCUT2D eigenvalue weighted by Crippen LogP contribution is 2.51. The molecule has 0 spiro atoms.